The number of nitrogens with zero attached hydrogens (tertiary/aromatic N) is 1. The SMILES string of the molecule is O=C1C=C(O)c2nc(Br)ccc2C1. The molecule has 0 fully saturated rings. The molecule has 0 unspecified atom stereocenters. The molecule has 0 atom stereocenters. The summed E-state index contributed by atoms with van der Waals surface area (Å²) in [5.74, 6) is -0.137. The predicted molar refractivity (Wildman–Crippen MR) is 51.3 cm³/mol. The van der Waals surface area contributed by atoms with E-state index in [1.165, 1.54) is 6.08 Å². The molecule has 3 nitrogen and oxygen atoms in total. The predicted octanol–water partition coefficient (Wildman–Crippen LogP) is 1.87. The lowest BCUT2D eigenvalue weighted by molar-refractivity contribution is -0.114. The van der Waals surface area contributed by atoms with Gasteiger partial charge in [-0.05, 0) is 27.6 Å². The van der Waals surface area contributed by atoms with Gasteiger partial charge in [-0.1, -0.05) is 6.07 Å². The van der Waals surface area contributed by atoms with E-state index in [0.717, 1.165) is 5.56 Å². The zero-order valence-corrected chi connectivity index (χ0v) is 8.21. The van der Waals surface area contributed by atoms with Crippen molar-refractivity contribution in [3.63, 3.8) is 0 Å². The molecular weight excluding hydrogens is 234 g/mol. The van der Waals surface area contributed by atoms with Gasteiger partial charge in [0, 0.05) is 12.5 Å². The van der Waals surface area contributed by atoms with Crippen molar-refractivity contribution in [2.45, 2.75) is 6.42 Å². The van der Waals surface area contributed by atoms with E-state index in [2.05, 4.69) is 20.9 Å². The molecule has 0 saturated heterocycles. The summed E-state index contributed by atoms with van der Waals surface area (Å²) in [6.07, 6.45) is 1.53. The maximum Gasteiger partial charge on any atom is 0.163 e. The standard InChI is InChI=1S/C9H6BrNO2/c10-8-2-1-5-3-6(12)4-7(13)9(5)11-8/h1-2,4,13H,3H2. The van der Waals surface area contributed by atoms with Crippen LogP contribution in [0.25, 0.3) is 5.76 Å². The minimum atomic E-state index is -0.0888. The molecule has 0 spiro atoms. The number of aliphatic hydroxyl groups excluding tert-OH is 1. The van der Waals surface area contributed by atoms with Gasteiger partial charge < -0.3 is 5.11 Å². The first kappa shape index (κ1) is 8.44. The lowest BCUT2D eigenvalue weighted by Gasteiger charge is -2.11. The van der Waals surface area contributed by atoms with Crippen LogP contribution < -0.4 is 0 Å². The second kappa shape index (κ2) is 2.96. The second-order valence-electron chi connectivity index (χ2n) is 2.81. The van der Waals surface area contributed by atoms with Crippen LogP contribution in [0.2, 0.25) is 0 Å². The number of allylic oxidation sites excluding steroid dienone is 1. The van der Waals surface area contributed by atoms with Crippen molar-refractivity contribution in [1.82, 2.24) is 4.98 Å². The van der Waals surface area contributed by atoms with Crippen LogP contribution in [0.4, 0.5) is 0 Å². The van der Waals surface area contributed by atoms with Gasteiger partial charge in [-0.25, -0.2) is 4.98 Å². The molecular formula is C9H6BrNO2. The number of halogens is 1. The Morgan fingerprint density at radius 2 is 2.23 bits per heavy atom. The van der Waals surface area contributed by atoms with Gasteiger partial charge in [-0.15, -0.1) is 0 Å². The van der Waals surface area contributed by atoms with Gasteiger partial charge in [0.1, 0.15) is 16.1 Å². The zero-order chi connectivity index (χ0) is 9.42. The number of aromatic nitrogens is 1. The Bertz CT molecular complexity index is 412. The minimum Gasteiger partial charge on any atom is -0.506 e. The lowest BCUT2D eigenvalue weighted by atomic mass is 10.0. The van der Waals surface area contributed by atoms with Crippen LogP contribution in [-0.4, -0.2) is 15.9 Å². The van der Waals surface area contributed by atoms with Crippen LogP contribution in [0.5, 0.6) is 0 Å². The molecule has 0 aromatic carbocycles. The Balaban J connectivity index is 2.60. The van der Waals surface area contributed by atoms with Gasteiger partial charge in [0.2, 0.25) is 0 Å². The molecule has 0 amide bonds. The molecule has 2 rings (SSSR count). The Kier molecular flexibility index (Phi) is 1.92. The van der Waals surface area contributed by atoms with E-state index in [1.807, 2.05) is 0 Å². The summed E-state index contributed by atoms with van der Waals surface area (Å²) in [7, 11) is 0. The van der Waals surface area contributed by atoms with E-state index in [9.17, 15) is 9.90 Å². The summed E-state index contributed by atoms with van der Waals surface area (Å²) in [6, 6.07) is 3.54. The highest BCUT2D eigenvalue weighted by atomic mass is 79.9. The summed E-state index contributed by atoms with van der Waals surface area (Å²) in [5.41, 5.74) is 1.27. The largest absolute Gasteiger partial charge is 0.506 e. The number of pyridine rings is 1. The summed E-state index contributed by atoms with van der Waals surface area (Å²) in [5, 5.41) is 9.41. The molecule has 1 N–H and O–H groups in total. The lowest BCUT2D eigenvalue weighted by Crippen LogP contribution is -2.10. The molecule has 66 valence electrons. The topological polar surface area (TPSA) is 50.2 Å². The first-order valence-electron chi connectivity index (χ1n) is 3.76. The number of carbonyl (C=O) groups excluding carboxylic acids is 1. The number of fused-ring (bicyclic) bond motifs is 1. The van der Waals surface area contributed by atoms with Crippen molar-refractivity contribution in [2.24, 2.45) is 0 Å². The molecule has 1 aliphatic carbocycles. The summed E-state index contributed by atoms with van der Waals surface area (Å²) in [6.45, 7) is 0. The van der Waals surface area contributed by atoms with Crippen LogP contribution in [0.15, 0.2) is 22.8 Å². The van der Waals surface area contributed by atoms with E-state index in [0.29, 0.717) is 16.7 Å². The fraction of sp³-hybridized carbons (Fsp3) is 0.111. The Morgan fingerprint density at radius 3 is 3.00 bits per heavy atom. The molecule has 1 heterocycles. The number of hydrogen-bond donors (Lipinski definition) is 1. The number of rotatable bonds is 0. The molecule has 0 aliphatic heterocycles. The van der Waals surface area contributed by atoms with E-state index in [4.69, 9.17) is 0 Å². The fourth-order valence-corrected chi connectivity index (χ4v) is 1.60. The normalized spacial score (nSPS) is 15.2. The van der Waals surface area contributed by atoms with E-state index < -0.39 is 0 Å². The molecule has 1 aromatic rings. The molecule has 13 heavy (non-hydrogen) atoms. The van der Waals surface area contributed by atoms with Gasteiger partial charge in [0.05, 0.1) is 0 Å². The van der Waals surface area contributed by atoms with Gasteiger partial charge >= 0.3 is 0 Å². The van der Waals surface area contributed by atoms with Crippen molar-refractivity contribution in [1.29, 1.82) is 0 Å². The summed E-state index contributed by atoms with van der Waals surface area (Å²) in [4.78, 5) is 15.1. The Hall–Kier alpha value is -1.16. The van der Waals surface area contributed by atoms with E-state index in [1.54, 1.807) is 12.1 Å². The van der Waals surface area contributed by atoms with E-state index in [-0.39, 0.29) is 11.5 Å². The maximum atomic E-state index is 11.0. The van der Waals surface area contributed by atoms with Crippen molar-refractivity contribution in [3.8, 4) is 0 Å². The summed E-state index contributed by atoms with van der Waals surface area (Å²) < 4.78 is 0.653. The fourth-order valence-electron chi connectivity index (χ4n) is 1.29. The number of aliphatic hydroxyl groups is 1. The number of carbonyl (C=O) groups is 1. The van der Waals surface area contributed by atoms with Crippen molar-refractivity contribution in [3.05, 3.63) is 34.1 Å². The molecule has 0 saturated carbocycles. The third kappa shape index (κ3) is 1.49. The first-order valence-corrected chi connectivity index (χ1v) is 4.55. The van der Waals surface area contributed by atoms with Crippen LogP contribution in [0.1, 0.15) is 11.3 Å². The minimum absolute atomic E-state index is 0.0486. The smallest absolute Gasteiger partial charge is 0.163 e. The van der Waals surface area contributed by atoms with Crippen molar-refractivity contribution >= 4 is 27.5 Å². The number of ketones is 1. The Morgan fingerprint density at radius 1 is 1.46 bits per heavy atom. The van der Waals surface area contributed by atoms with E-state index >= 15 is 0 Å². The average molecular weight is 240 g/mol. The second-order valence-corrected chi connectivity index (χ2v) is 3.63. The van der Waals surface area contributed by atoms with Gasteiger partial charge in [0.25, 0.3) is 0 Å². The Labute approximate surface area is 83.2 Å². The molecule has 1 aliphatic rings. The third-order valence-electron chi connectivity index (χ3n) is 1.85. The molecule has 0 radical (unpaired) electrons. The number of hydrogen-bond acceptors (Lipinski definition) is 3. The molecule has 0 bridgehead atoms. The highest BCUT2D eigenvalue weighted by molar-refractivity contribution is 9.10. The highest BCUT2D eigenvalue weighted by Gasteiger charge is 2.17. The summed E-state index contributed by atoms with van der Waals surface area (Å²) >= 11 is 3.20. The van der Waals surface area contributed by atoms with Crippen LogP contribution in [0.3, 0.4) is 0 Å². The average Bonchev–Trinajstić information content (AvgIpc) is 2.06. The maximum absolute atomic E-state index is 11.0. The molecule has 1 aromatic heterocycles. The van der Waals surface area contributed by atoms with Crippen molar-refractivity contribution in [2.75, 3.05) is 0 Å². The van der Waals surface area contributed by atoms with Crippen LogP contribution in [0, 0.1) is 0 Å². The van der Waals surface area contributed by atoms with Gasteiger partial charge in [-0.3, -0.25) is 4.79 Å². The quantitative estimate of drug-likeness (QED) is 0.704. The van der Waals surface area contributed by atoms with Crippen molar-refractivity contribution < 1.29 is 9.90 Å². The van der Waals surface area contributed by atoms with Gasteiger partial charge in [-0.2, -0.15) is 0 Å². The molecule has 4 heteroatoms. The monoisotopic (exact) mass is 239 g/mol. The zero-order valence-electron chi connectivity index (χ0n) is 6.62. The first-order chi connectivity index (χ1) is 6.16. The highest BCUT2D eigenvalue weighted by Crippen LogP contribution is 2.22. The van der Waals surface area contributed by atoms with Crippen LogP contribution >= 0.6 is 15.9 Å². The van der Waals surface area contributed by atoms with Gasteiger partial charge in [0.15, 0.2) is 5.78 Å². The van der Waals surface area contributed by atoms with Crippen LogP contribution in [-0.2, 0) is 11.2 Å². The third-order valence-corrected chi connectivity index (χ3v) is 2.29.